The predicted octanol–water partition coefficient (Wildman–Crippen LogP) is 0.895. The van der Waals surface area contributed by atoms with Gasteiger partial charge in [0, 0.05) is 19.0 Å². The van der Waals surface area contributed by atoms with E-state index in [-0.39, 0.29) is 11.8 Å². The molecule has 16 heavy (non-hydrogen) atoms. The molecule has 1 aliphatic rings. The second-order valence-corrected chi connectivity index (χ2v) is 4.48. The van der Waals surface area contributed by atoms with Gasteiger partial charge in [-0.2, -0.15) is 0 Å². The highest BCUT2D eigenvalue weighted by atomic mass is 16.5. The first-order valence-corrected chi connectivity index (χ1v) is 5.78. The van der Waals surface area contributed by atoms with E-state index in [1.165, 1.54) is 0 Å². The van der Waals surface area contributed by atoms with E-state index in [2.05, 4.69) is 10.6 Å². The van der Waals surface area contributed by atoms with Crippen LogP contribution in [0.4, 0.5) is 4.79 Å². The third-order valence-corrected chi connectivity index (χ3v) is 2.19. The molecule has 0 aliphatic heterocycles. The maximum Gasteiger partial charge on any atom is 0.407 e. The highest BCUT2D eigenvalue weighted by Gasteiger charge is 2.28. The molecule has 0 radical (unpaired) electrons. The Kier molecular flexibility index (Phi) is 5.08. The van der Waals surface area contributed by atoms with Gasteiger partial charge >= 0.3 is 6.09 Å². The van der Waals surface area contributed by atoms with Crippen LogP contribution in [0.1, 0.15) is 26.7 Å². The fourth-order valence-corrected chi connectivity index (χ4v) is 1.13. The van der Waals surface area contributed by atoms with Gasteiger partial charge < -0.3 is 15.4 Å². The Morgan fingerprint density at radius 1 is 1.25 bits per heavy atom. The Labute approximate surface area is 95.9 Å². The Morgan fingerprint density at radius 3 is 2.44 bits per heavy atom. The molecule has 1 saturated carbocycles. The third kappa shape index (κ3) is 5.58. The molecule has 0 heterocycles. The SMILES string of the molecule is CC(C)COC(=O)NCCNC(=O)C1CC1. The first kappa shape index (κ1) is 12.8. The molecule has 0 aromatic rings. The van der Waals surface area contributed by atoms with E-state index >= 15 is 0 Å². The highest BCUT2D eigenvalue weighted by molar-refractivity contribution is 5.80. The molecule has 5 nitrogen and oxygen atoms in total. The van der Waals surface area contributed by atoms with E-state index in [1.807, 2.05) is 13.8 Å². The zero-order chi connectivity index (χ0) is 12.0. The summed E-state index contributed by atoms with van der Waals surface area (Å²) in [5.74, 6) is 0.644. The summed E-state index contributed by atoms with van der Waals surface area (Å²) in [5.41, 5.74) is 0. The summed E-state index contributed by atoms with van der Waals surface area (Å²) < 4.78 is 4.91. The minimum Gasteiger partial charge on any atom is -0.449 e. The molecule has 0 bridgehead atoms. The van der Waals surface area contributed by atoms with Gasteiger partial charge in [0.25, 0.3) is 0 Å². The lowest BCUT2D eigenvalue weighted by Gasteiger charge is -2.09. The second-order valence-electron chi connectivity index (χ2n) is 4.48. The van der Waals surface area contributed by atoms with Crippen LogP contribution in [-0.2, 0) is 9.53 Å². The Bertz CT molecular complexity index is 250. The molecule has 0 aromatic heterocycles. The molecule has 1 rings (SSSR count). The molecular weight excluding hydrogens is 208 g/mol. The van der Waals surface area contributed by atoms with Crippen molar-refractivity contribution in [3.05, 3.63) is 0 Å². The van der Waals surface area contributed by atoms with Gasteiger partial charge in [-0.1, -0.05) is 13.8 Å². The molecule has 1 aliphatic carbocycles. The standard InChI is InChI=1S/C11H20N2O3/c1-8(2)7-16-11(15)13-6-5-12-10(14)9-3-4-9/h8-9H,3-7H2,1-2H3,(H,12,14)(H,13,15). The van der Waals surface area contributed by atoms with Crippen LogP contribution >= 0.6 is 0 Å². The van der Waals surface area contributed by atoms with E-state index in [1.54, 1.807) is 0 Å². The number of hydrogen-bond donors (Lipinski definition) is 2. The zero-order valence-corrected chi connectivity index (χ0v) is 9.91. The molecule has 2 amide bonds. The molecule has 0 saturated heterocycles. The van der Waals surface area contributed by atoms with Crippen molar-refractivity contribution < 1.29 is 14.3 Å². The van der Waals surface area contributed by atoms with Gasteiger partial charge in [-0.3, -0.25) is 4.79 Å². The van der Waals surface area contributed by atoms with Crippen LogP contribution in [-0.4, -0.2) is 31.7 Å². The fraction of sp³-hybridized carbons (Fsp3) is 0.818. The quantitative estimate of drug-likeness (QED) is 0.664. The van der Waals surface area contributed by atoms with Crippen molar-refractivity contribution in [1.82, 2.24) is 10.6 Å². The monoisotopic (exact) mass is 228 g/mol. The highest BCUT2D eigenvalue weighted by Crippen LogP contribution is 2.28. The summed E-state index contributed by atoms with van der Waals surface area (Å²) >= 11 is 0. The lowest BCUT2D eigenvalue weighted by molar-refractivity contribution is -0.122. The molecular formula is C11H20N2O3. The normalized spacial score (nSPS) is 14.7. The molecule has 0 atom stereocenters. The van der Waals surface area contributed by atoms with Gasteiger partial charge in [-0.25, -0.2) is 4.79 Å². The smallest absolute Gasteiger partial charge is 0.407 e. The summed E-state index contributed by atoms with van der Waals surface area (Å²) in [6.45, 7) is 5.24. The second kappa shape index (κ2) is 6.35. The lowest BCUT2D eigenvalue weighted by Crippen LogP contribution is -2.35. The van der Waals surface area contributed by atoms with Crippen molar-refractivity contribution in [3.63, 3.8) is 0 Å². The number of amides is 2. The minimum atomic E-state index is -0.422. The van der Waals surface area contributed by atoms with Crippen molar-refractivity contribution in [3.8, 4) is 0 Å². The number of ether oxygens (including phenoxy) is 1. The average molecular weight is 228 g/mol. The van der Waals surface area contributed by atoms with Crippen molar-refractivity contribution in [2.24, 2.45) is 11.8 Å². The van der Waals surface area contributed by atoms with E-state index in [9.17, 15) is 9.59 Å². The van der Waals surface area contributed by atoms with Crippen LogP contribution in [0.25, 0.3) is 0 Å². The summed E-state index contributed by atoms with van der Waals surface area (Å²) in [7, 11) is 0. The van der Waals surface area contributed by atoms with Crippen LogP contribution in [0.5, 0.6) is 0 Å². The molecule has 0 aromatic carbocycles. The van der Waals surface area contributed by atoms with Gasteiger partial charge in [-0.05, 0) is 18.8 Å². The van der Waals surface area contributed by atoms with Gasteiger partial charge in [0.05, 0.1) is 6.61 Å². The summed E-state index contributed by atoms with van der Waals surface area (Å²) in [6, 6.07) is 0. The lowest BCUT2D eigenvalue weighted by atomic mass is 10.2. The van der Waals surface area contributed by atoms with Crippen LogP contribution in [0.15, 0.2) is 0 Å². The maximum absolute atomic E-state index is 11.2. The van der Waals surface area contributed by atoms with Gasteiger partial charge in [0.15, 0.2) is 0 Å². The van der Waals surface area contributed by atoms with Crippen molar-refractivity contribution >= 4 is 12.0 Å². The third-order valence-electron chi connectivity index (χ3n) is 2.19. The van der Waals surface area contributed by atoms with E-state index in [4.69, 9.17) is 4.74 Å². The first-order valence-electron chi connectivity index (χ1n) is 5.78. The minimum absolute atomic E-state index is 0.0948. The topological polar surface area (TPSA) is 67.4 Å². The average Bonchev–Trinajstić information content (AvgIpc) is 3.04. The van der Waals surface area contributed by atoms with Gasteiger partial charge in [0.2, 0.25) is 5.91 Å². The number of carbonyl (C=O) groups excluding carboxylic acids is 2. The van der Waals surface area contributed by atoms with Crippen LogP contribution in [0, 0.1) is 11.8 Å². The molecule has 1 fully saturated rings. The number of rotatable bonds is 6. The Hall–Kier alpha value is -1.26. The zero-order valence-electron chi connectivity index (χ0n) is 9.91. The van der Waals surface area contributed by atoms with Crippen LogP contribution in [0.3, 0.4) is 0 Å². The predicted molar refractivity (Wildman–Crippen MR) is 59.9 cm³/mol. The number of alkyl carbamates (subject to hydrolysis) is 1. The fourth-order valence-electron chi connectivity index (χ4n) is 1.13. The van der Waals surface area contributed by atoms with Crippen molar-refractivity contribution in [2.45, 2.75) is 26.7 Å². The number of carbonyl (C=O) groups is 2. The van der Waals surface area contributed by atoms with Crippen LogP contribution < -0.4 is 10.6 Å². The van der Waals surface area contributed by atoms with Crippen molar-refractivity contribution in [2.75, 3.05) is 19.7 Å². The van der Waals surface area contributed by atoms with Gasteiger partial charge in [-0.15, -0.1) is 0 Å². The van der Waals surface area contributed by atoms with Crippen LogP contribution in [0.2, 0.25) is 0 Å². The van der Waals surface area contributed by atoms with E-state index in [0.29, 0.717) is 25.6 Å². The van der Waals surface area contributed by atoms with Crippen molar-refractivity contribution in [1.29, 1.82) is 0 Å². The Balaban J connectivity index is 1.93. The summed E-state index contributed by atoms with van der Waals surface area (Å²) in [5, 5.41) is 5.33. The van der Waals surface area contributed by atoms with E-state index < -0.39 is 6.09 Å². The first-order chi connectivity index (χ1) is 7.59. The summed E-state index contributed by atoms with van der Waals surface area (Å²) in [6.07, 6.45) is 1.57. The molecule has 92 valence electrons. The summed E-state index contributed by atoms with van der Waals surface area (Å²) in [4.78, 5) is 22.3. The number of hydrogen-bond acceptors (Lipinski definition) is 3. The largest absolute Gasteiger partial charge is 0.449 e. The Morgan fingerprint density at radius 2 is 1.88 bits per heavy atom. The molecule has 5 heteroatoms. The number of nitrogens with one attached hydrogen (secondary N) is 2. The molecule has 0 unspecified atom stereocenters. The van der Waals surface area contributed by atoms with Gasteiger partial charge in [0.1, 0.15) is 0 Å². The van der Waals surface area contributed by atoms with E-state index in [0.717, 1.165) is 12.8 Å². The maximum atomic E-state index is 11.2. The molecule has 0 spiro atoms. The molecule has 2 N–H and O–H groups in total.